The van der Waals surface area contributed by atoms with Crippen molar-refractivity contribution in [1.82, 2.24) is 5.32 Å². The second-order valence-corrected chi connectivity index (χ2v) is 5.73. The normalized spacial score (nSPS) is 22.3. The first-order valence-electron chi connectivity index (χ1n) is 7.13. The fraction of sp³-hybridized carbons (Fsp3) is 0.500. The summed E-state index contributed by atoms with van der Waals surface area (Å²) < 4.78 is 0. The van der Waals surface area contributed by atoms with Gasteiger partial charge in [0.25, 0.3) is 5.91 Å². The molecule has 2 rings (SSSR count). The molecule has 1 aliphatic carbocycles. The Morgan fingerprint density at radius 3 is 2.45 bits per heavy atom. The van der Waals surface area contributed by atoms with E-state index in [0.717, 1.165) is 24.8 Å². The molecule has 1 aliphatic rings. The number of amides is 1. The molecular weight excluding hydrogens is 254 g/mol. The van der Waals surface area contributed by atoms with E-state index in [2.05, 4.69) is 12.2 Å². The summed E-state index contributed by atoms with van der Waals surface area (Å²) in [7, 11) is 0. The summed E-state index contributed by atoms with van der Waals surface area (Å²) in [5.41, 5.74) is 1.37. The number of aryl methyl sites for hydroxylation is 1. The highest BCUT2D eigenvalue weighted by atomic mass is 16.4. The molecule has 0 radical (unpaired) electrons. The smallest absolute Gasteiger partial charge is 0.335 e. The van der Waals surface area contributed by atoms with Crippen LogP contribution in [0.5, 0.6) is 0 Å². The van der Waals surface area contributed by atoms with E-state index >= 15 is 0 Å². The summed E-state index contributed by atoms with van der Waals surface area (Å²) >= 11 is 0. The lowest BCUT2D eigenvalue weighted by Crippen LogP contribution is -2.41. The molecule has 0 aromatic heterocycles. The largest absolute Gasteiger partial charge is 0.478 e. The Labute approximate surface area is 119 Å². The molecule has 2 atom stereocenters. The number of rotatable bonds is 3. The molecule has 2 unspecified atom stereocenters. The molecule has 1 saturated carbocycles. The average Bonchev–Trinajstić information content (AvgIpc) is 2.40. The van der Waals surface area contributed by atoms with Crippen molar-refractivity contribution in [2.24, 2.45) is 5.92 Å². The third-order valence-electron chi connectivity index (χ3n) is 4.01. The first-order chi connectivity index (χ1) is 9.47. The Kier molecular flexibility index (Phi) is 4.42. The SMILES string of the molecule is Cc1cc(C(=O)O)cc(C(=O)NC2CCCCC2C)c1. The Balaban J connectivity index is 2.14. The van der Waals surface area contributed by atoms with Crippen molar-refractivity contribution in [3.05, 3.63) is 34.9 Å². The first-order valence-corrected chi connectivity index (χ1v) is 7.13. The number of hydrogen-bond acceptors (Lipinski definition) is 2. The van der Waals surface area contributed by atoms with Gasteiger partial charge in [-0.3, -0.25) is 4.79 Å². The average molecular weight is 275 g/mol. The number of benzene rings is 1. The van der Waals surface area contributed by atoms with Gasteiger partial charge in [0.2, 0.25) is 0 Å². The highest BCUT2D eigenvalue weighted by Gasteiger charge is 2.23. The Bertz CT molecular complexity index is 524. The van der Waals surface area contributed by atoms with E-state index in [1.54, 1.807) is 19.1 Å². The first kappa shape index (κ1) is 14.6. The van der Waals surface area contributed by atoms with Gasteiger partial charge in [0.05, 0.1) is 5.56 Å². The predicted molar refractivity (Wildman–Crippen MR) is 77.0 cm³/mol. The minimum Gasteiger partial charge on any atom is -0.478 e. The van der Waals surface area contributed by atoms with Crippen LogP contribution in [-0.4, -0.2) is 23.0 Å². The molecule has 1 fully saturated rings. The van der Waals surface area contributed by atoms with Crippen LogP contribution in [-0.2, 0) is 0 Å². The number of nitrogens with one attached hydrogen (secondary N) is 1. The van der Waals surface area contributed by atoms with Crippen molar-refractivity contribution in [2.45, 2.75) is 45.6 Å². The van der Waals surface area contributed by atoms with Crippen LogP contribution < -0.4 is 5.32 Å². The quantitative estimate of drug-likeness (QED) is 0.891. The van der Waals surface area contributed by atoms with Gasteiger partial charge in [-0.1, -0.05) is 19.8 Å². The summed E-state index contributed by atoms with van der Waals surface area (Å²) in [4.78, 5) is 23.3. The molecule has 2 N–H and O–H groups in total. The molecule has 0 bridgehead atoms. The molecule has 0 aliphatic heterocycles. The van der Waals surface area contributed by atoms with E-state index < -0.39 is 5.97 Å². The van der Waals surface area contributed by atoms with Crippen molar-refractivity contribution in [2.75, 3.05) is 0 Å². The van der Waals surface area contributed by atoms with Gasteiger partial charge in [-0.2, -0.15) is 0 Å². The van der Waals surface area contributed by atoms with Crippen LogP contribution in [0.1, 0.15) is 58.9 Å². The fourth-order valence-electron chi connectivity index (χ4n) is 2.82. The van der Waals surface area contributed by atoms with Crippen molar-refractivity contribution in [3.63, 3.8) is 0 Å². The maximum Gasteiger partial charge on any atom is 0.335 e. The number of carbonyl (C=O) groups excluding carboxylic acids is 1. The molecule has 0 heterocycles. The van der Waals surface area contributed by atoms with Crippen molar-refractivity contribution in [1.29, 1.82) is 0 Å². The third-order valence-corrected chi connectivity index (χ3v) is 4.01. The maximum absolute atomic E-state index is 12.3. The summed E-state index contributed by atoms with van der Waals surface area (Å²) in [6.07, 6.45) is 4.51. The zero-order valence-corrected chi connectivity index (χ0v) is 12.0. The molecule has 0 spiro atoms. The van der Waals surface area contributed by atoms with E-state index in [1.165, 1.54) is 12.5 Å². The van der Waals surface area contributed by atoms with Crippen LogP contribution in [0.15, 0.2) is 18.2 Å². The van der Waals surface area contributed by atoms with Gasteiger partial charge < -0.3 is 10.4 Å². The number of carbonyl (C=O) groups is 2. The lowest BCUT2D eigenvalue weighted by Gasteiger charge is -2.29. The summed E-state index contributed by atoms with van der Waals surface area (Å²) in [5.74, 6) is -0.694. The predicted octanol–water partition coefficient (Wildman–Crippen LogP) is 3.00. The fourth-order valence-corrected chi connectivity index (χ4v) is 2.82. The van der Waals surface area contributed by atoms with E-state index in [9.17, 15) is 9.59 Å². The highest BCUT2D eigenvalue weighted by Crippen LogP contribution is 2.24. The van der Waals surface area contributed by atoms with E-state index in [4.69, 9.17) is 5.11 Å². The van der Waals surface area contributed by atoms with Crippen molar-refractivity contribution < 1.29 is 14.7 Å². The van der Waals surface area contributed by atoms with E-state index in [0.29, 0.717) is 11.5 Å². The topological polar surface area (TPSA) is 66.4 Å². The lowest BCUT2D eigenvalue weighted by atomic mass is 9.86. The van der Waals surface area contributed by atoms with Crippen molar-refractivity contribution >= 4 is 11.9 Å². The molecule has 4 heteroatoms. The second kappa shape index (κ2) is 6.07. The molecule has 108 valence electrons. The molecule has 1 aromatic rings. The minimum atomic E-state index is -1.01. The van der Waals surface area contributed by atoms with Gasteiger partial charge in [-0.15, -0.1) is 0 Å². The molecular formula is C16H21NO3. The van der Waals surface area contributed by atoms with Crippen LogP contribution in [0, 0.1) is 12.8 Å². The van der Waals surface area contributed by atoms with Gasteiger partial charge in [-0.05, 0) is 49.4 Å². The Hall–Kier alpha value is -1.84. The highest BCUT2D eigenvalue weighted by molar-refractivity contribution is 5.98. The van der Waals surface area contributed by atoms with Crippen LogP contribution in [0.3, 0.4) is 0 Å². The maximum atomic E-state index is 12.3. The zero-order chi connectivity index (χ0) is 14.7. The molecule has 1 amide bonds. The Morgan fingerprint density at radius 2 is 1.80 bits per heavy atom. The Morgan fingerprint density at radius 1 is 1.15 bits per heavy atom. The molecule has 1 aromatic carbocycles. The van der Waals surface area contributed by atoms with Crippen LogP contribution in [0.4, 0.5) is 0 Å². The van der Waals surface area contributed by atoms with Crippen LogP contribution in [0.25, 0.3) is 0 Å². The summed E-state index contributed by atoms with van der Waals surface area (Å²) in [6, 6.07) is 4.94. The van der Waals surface area contributed by atoms with Gasteiger partial charge in [-0.25, -0.2) is 4.79 Å². The second-order valence-electron chi connectivity index (χ2n) is 5.73. The van der Waals surface area contributed by atoms with E-state index in [-0.39, 0.29) is 17.5 Å². The molecule has 4 nitrogen and oxygen atoms in total. The zero-order valence-electron chi connectivity index (χ0n) is 12.0. The minimum absolute atomic E-state index is 0.159. The van der Waals surface area contributed by atoms with Crippen molar-refractivity contribution in [3.8, 4) is 0 Å². The standard InChI is InChI=1S/C16H21NO3/c1-10-7-12(9-13(8-10)16(19)20)15(18)17-14-6-4-3-5-11(14)2/h7-9,11,14H,3-6H2,1-2H3,(H,17,18)(H,19,20). The number of aromatic carboxylic acids is 1. The third kappa shape index (κ3) is 3.38. The van der Waals surface area contributed by atoms with Crippen LogP contribution >= 0.6 is 0 Å². The van der Waals surface area contributed by atoms with Crippen LogP contribution in [0.2, 0.25) is 0 Å². The number of carboxylic acids is 1. The molecule has 0 saturated heterocycles. The monoisotopic (exact) mass is 275 g/mol. The van der Waals surface area contributed by atoms with Gasteiger partial charge in [0, 0.05) is 11.6 Å². The van der Waals surface area contributed by atoms with E-state index in [1.807, 2.05) is 0 Å². The number of hydrogen-bond donors (Lipinski definition) is 2. The van der Waals surface area contributed by atoms with Gasteiger partial charge in [0.15, 0.2) is 0 Å². The summed E-state index contributed by atoms with van der Waals surface area (Å²) in [5, 5.41) is 12.1. The molecule has 20 heavy (non-hydrogen) atoms. The summed E-state index contributed by atoms with van der Waals surface area (Å²) in [6.45, 7) is 3.95. The lowest BCUT2D eigenvalue weighted by molar-refractivity contribution is 0.0696. The van der Waals surface area contributed by atoms with Gasteiger partial charge in [0.1, 0.15) is 0 Å². The van der Waals surface area contributed by atoms with Gasteiger partial charge >= 0.3 is 5.97 Å². The number of carboxylic acid groups (broad SMARTS) is 1.